The number of hydrogen-bond acceptors (Lipinski definition) is 5. The van der Waals surface area contributed by atoms with Gasteiger partial charge < -0.3 is 24.3 Å². The lowest BCUT2D eigenvalue weighted by Gasteiger charge is -2.12. The van der Waals surface area contributed by atoms with Gasteiger partial charge in [0, 0.05) is 13.1 Å². The highest BCUT2D eigenvalue weighted by molar-refractivity contribution is 5.45. The summed E-state index contributed by atoms with van der Waals surface area (Å²) in [6, 6.07) is 15.6. The fraction of sp³-hybridized carbons (Fsp3) is 0.316. The molecule has 0 bridgehead atoms. The van der Waals surface area contributed by atoms with Crippen LogP contribution in [-0.2, 0) is 16.1 Å². The van der Waals surface area contributed by atoms with E-state index in [1.54, 1.807) is 14.2 Å². The number of methoxy groups -OCH3 is 1. The third kappa shape index (κ3) is 6.73. The average molecular weight is 345 g/mol. The van der Waals surface area contributed by atoms with E-state index in [0.717, 1.165) is 17.9 Å². The van der Waals surface area contributed by atoms with E-state index in [4.69, 9.17) is 23.7 Å². The summed E-state index contributed by atoms with van der Waals surface area (Å²) in [4.78, 5) is 9.06. The summed E-state index contributed by atoms with van der Waals surface area (Å²) in [6.45, 7) is 1.86. The molecular formula is C19H23NO5. The van der Waals surface area contributed by atoms with Gasteiger partial charge in [0.15, 0.2) is 11.5 Å². The number of carbonyl (C=O) groups is 1. The third-order valence-corrected chi connectivity index (χ3v) is 3.33. The SMILES string of the molecule is CNC=O.COc1cc(OCc2ccccc2)ccc1OCC1CO1. The maximum absolute atomic E-state index is 9.06. The zero-order valence-corrected chi connectivity index (χ0v) is 14.4. The van der Waals surface area contributed by atoms with Crippen LogP contribution < -0.4 is 19.5 Å². The van der Waals surface area contributed by atoms with Gasteiger partial charge >= 0.3 is 0 Å². The predicted molar refractivity (Wildman–Crippen MR) is 94.1 cm³/mol. The third-order valence-electron chi connectivity index (χ3n) is 3.33. The smallest absolute Gasteiger partial charge is 0.206 e. The molecule has 2 aromatic rings. The lowest BCUT2D eigenvalue weighted by atomic mass is 10.2. The predicted octanol–water partition coefficient (Wildman–Crippen LogP) is 2.41. The van der Waals surface area contributed by atoms with Crippen LogP contribution in [0.3, 0.4) is 0 Å². The standard InChI is InChI=1S/C17H18O4.C2H5NO/c1-18-17-9-14(19-10-13-5-3-2-4-6-13)7-8-16(17)21-12-15-11-20-15;1-3-2-4/h2-9,15H,10-12H2,1H3;2H,1H3,(H,3,4). The molecule has 2 aromatic carbocycles. The van der Waals surface area contributed by atoms with Gasteiger partial charge in [-0.15, -0.1) is 0 Å². The van der Waals surface area contributed by atoms with Crippen LogP contribution >= 0.6 is 0 Å². The van der Waals surface area contributed by atoms with Gasteiger partial charge in [-0.3, -0.25) is 4.79 Å². The second-order valence-electron chi connectivity index (χ2n) is 5.26. The molecule has 6 heteroatoms. The number of carbonyl (C=O) groups excluding carboxylic acids is 1. The molecule has 1 aliphatic heterocycles. The van der Waals surface area contributed by atoms with Crippen molar-refractivity contribution in [3.05, 3.63) is 54.1 Å². The molecule has 6 nitrogen and oxygen atoms in total. The molecule has 1 N–H and O–H groups in total. The Morgan fingerprint density at radius 1 is 1.16 bits per heavy atom. The molecule has 1 atom stereocenters. The van der Waals surface area contributed by atoms with Crippen molar-refractivity contribution in [1.29, 1.82) is 0 Å². The summed E-state index contributed by atoms with van der Waals surface area (Å²) >= 11 is 0. The molecule has 1 saturated heterocycles. The Morgan fingerprint density at radius 2 is 1.88 bits per heavy atom. The Balaban J connectivity index is 0.000000511. The summed E-state index contributed by atoms with van der Waals surface area (Å²) < 4.78 is 21.9. The van der Waals surface area contributed by atoms with E-state index < -0.39 is 0 Å². The van der Waals surface area contributed by atoms with Crippen molar-refractivity contribution in [3.63, 3.8) is 0 Å². The van der Waals surface area contributed by atoms with E-state index in [2.05, 4.69) is 5.32 Å². The largest absolute Gasteiger partial charge is 0.493 e. The number of epoxide rings is 1. The summed E-state index contributed by atoms with van der Waals surface area (Å²) in [5, 5.41) is 2.25. The quantitative estimate of drug-likeness (QED) is 0.588. The average Bonchev–Trinajstić information content (AvgIpc) is 3.50. The highest BCUT2D eigenvalue weighted by Crippen LogP contribution is 2.32. The molecule has 0 saturated carbocycles. The second kappa shape index (κ2) is 10.2. The maximum Gasteiger partial charge on any atom is 0.206 e. The van der Waals surface area contributed by atoms with Crippen molar-refractivity contribution in [1.82, 2.24) is 5.32 Å². The Hall–Kier alpha value is -2.73. The first-order valence-corrected chi connectivity index (χ1v) is 7.97. The number of ether oxygens (including phenoxy) is 4. The van der Waals surface area contributed by atoms with Crippen molar-refractivity contribution in [2.24, 2.45) is 0 Å². The first-order valence-electron chi connectivity index (χ1n) is 7.97. The van der Waals surface area contributed by atoms with Crippen molar-refractivity contribution < 1.29 is 23.7 Å². The minimum Gasteiger partial charge on any atom is -0.493 e. The highest BCUT2D eigenvalue weighted by atomic mass is 16.6. The first-order chi connectivity index (χ1) is 12.3. The van der Waals surface area contributed by atoms with Crippen LogP contribution in [0, 0.1) is 0 Å². The molecule has 25 heavy (non-hydrogen) atoms. The van der Waals surface area contributed by atoms with Crippen molar-refractivity contribution in [3.8, 4) is 17.2 Å². The van der Waals surface area contributed by atoms with E-state index >= 15 is 0 Å². The molecule has 0 aromatic heterocycles. The van der Waals surface area contributed by atoms with E-state index in [1.165, 1.54) is 0 Å². The summed E-state index contributed by atoms with van der Waals surface area (Å²) in [7, 11) is 3.18. The molecular weight excluding hydrogens is 322 g/mol. The van der Waals surface area contributed by atoms with Gasteiger partial charge in [-0.25, -0.2) is 0 Å². The number of hydrogen-bond donors (Lipinski definition) is 1. The van der Waals surface area contributed by atoms with Gasteiger partial charge in [-0.05, 0) is 17.7 Å². The molecule has 0 radical (unpaired) electrons. The van der Waals surface area contributed by atoms with Gasteiger partial charge in [0.1, 0.15) is 25.1 Å². The zero-order valence-electron chi connectivity index (χ0n) is 14.4. The molecule has 134 valence electrons. The monoisotopic (exact) mass is 345 g/mol. The van der Waals surface area contributed by atoms with E-state index in [9.17, 15) is 0 Å². The summed E-state index contributed by atoms with van der Waals surface area (Å²) in [5.74, 6) is 2.13. The van der Waals surface area contributed by atoms with Crippen LogP contribution in [0.5, 0.6) is 17.2 Å². The van der Waals surface area contributed by atoms with Crippen LogP contribution in [0.4, 0.5) is 0 Å². The number of amides is 1. The summed E-state index contributed by atoms with van der Waals surface area (Å²) in [6.07, 6.45) is 0.851. The van der Waals surface area contributed by atoms with Gasteiger partial charge in [0.05, 0.1) is 13.7 Å². The topological polar surface area (TPSA) is 69.3 Å². The van der Waals surface area contributed by atoms with Crippen LogP contribution in [0.15, 0.2) is 48.5 Å². The normalized spacial score (nSPS) is 14.6. The lowest BCUT2D eigenvalue weighted by Crippen LogP contribution is -2.05. The van der Waals surface area contributed by atoms with Gasteiger partial charge in [-0.1, -0.05) is 30.3 Å². The minimum absolute atomic E-state index is 0.226. The summed E-state index contributed by atoms with van der Waals surface area (Å²) in [5.41, 5.74) is 1.13. The van der Waals surface area contributed by atoms with E-state index in [1.807, 2.05) is 48.5 Å². The minimum atomic E-state index is 0.226. The molecule has 3 rings (SSSR count). The highest BCUT2D eigenvalue weighted by Gasteiger charge is 2.23. The number of rotatable bonds is 8. The van der Waals surface area contributed by atoms with E-state index in [-0.39, 0.29) is 6.10 Å². The van der Waals surface area contributed by atoms with Crippen molar-refractivity contribution >= 4 is 6.41 Å². The Morgan fingerprint density at radius 3 is 2.48 bits per heavy atom. The van der Waals surface area contributed by atoms with Gasteiger partial charge in [-0.2, -0.15) is 0 Å². The van der Waals surface area contributed by atoms with Crippen LogP contribution in [0.1, 0.15) is 5.56 Å². The molecule has 1 amide bonds. The van der Waals surface area contributed by atoms with Crippen molar-refractivity contribution in [2.75, 3.05) is 27.4 Å². The Kier molecular flexibility index (Phi) is 7.59. The lowest BCUT2D eigenvalue weighted by molar-refractivity contribution is -0.109. The van der Waals surface area contributed by atoms with E-state index in [0.29, 0.717) is 31.1 Å². The Labute approximate surface area is 147 Å². The molecule has 1 unspecified atom stereocenters. The fourth-order valence-corrected chi connectivity index (χ4v) is 1.94. The molecule has 1 fully saturated rings. The maximum atomic E-state index is 9.06. The molecule has 0 spiro atoms. The number of nitrogens with one attached hydrogen (secondary N) is 1. The zero-order chi connectivity index (χ0) is 17.9. The van der Waals surface area contributed by atoms with Gasteiger partial charge in [0.25, 0.3) is 0 Å². The fourth-order valence-electron chi connectivity index (χ4n) is 1.94. The van der Waals surface area contributed by atoms with Crippen LogP contribution in [0.25, 0.3) is 0 Å². The molecule has 0 aliphatic carbocycles. The Bertz CT molecular complexity index is 644. The van der Waals surface area contributed by atoms with Crippen LogP contribution in [0.2, 0.25) is 0 Å². The van der Waals surface area contributed by atoms with Crippen LogP contribution in [-0.4, -0.2) is 39.9 Å². The second-order valence-corrected chi connectivity index (χ2v) is 5.26. The number of benzene rings is 2. The first kappa shape index (κ1) is 18.6. The van der Waals surface area contributed by atoms with Crippen molar-refractivity contribution in [2.45, 2.75) is 12.7 Å². The van der Waals surface area contributed by atoms with Gasteiger partial charge in [0.2, 0.25) is 6.41 Å². The molecule has 1 aliphatic rings. The molecule has 1 heterocycles.